The van der Waals surface area contributed by atoms with Crippen LogP contribution in [0.1, 0.15) is 42.5 Å². The van der Waals surface area contributed by atoms with Crippen LogP contribution in [0.25, 0.3) is 0 Å². The number of rotatable bonds is 5. The number of hydrogen-bond donors (Lipinski definition) is 1. The monoisotopic (exact) mass is 354 g/mol. The predicted octanol–water partition coefficient (Wildman–Crippen LogP) is 4.02. The number of pyridine rings is 1. The van der Waals surface area contributed by atoms with E-state index in [9.17, 15) is 4.79 Å². The number of nitrogens with zero attached hydrogens (tertiary/aromatic N) is 1. The Morgan fingerprint density at radius 2 is 2.04 bits per heavy atom. The molecule has 6 heteroatoms. The van der Waals surface area contributed by atoms with Crippen molar-refractivity contribution in [3.63, 3.8) is 0 Å². The summed E-state index contributed by atoms with van der Waals surface area (Å²) in [6.45, 7) is 0.783. The summed E-state index contributed by atoms with van der Waals surface area (Å²) in [5, 5.41) is 2.83. The number of hydrogen-bond acceptors (Lipinski definition) is 5. The lowest BCUT2D eigenvalue weighted by Crippen LogP contribution is -2.18. The van der Waals surface area contributed by atoms with Gasteiger partial charge in [0.25, 0.3) is 5.91 Å². The fourth-order valence-corrected chi connectivity index (χ4v) is 3.45. The van der Waals surface area contributed by atoms with Crippen molar-refractivity contribution in [3.8, 4) is 17.2 Å². The molecule has 0 saturated heterocycles. The van der Waals surface area contributed by atoms with Crippen molar-refractivity contribution >= 4 is 11.7 Å². The zero-order valence-corrected chi connectivity index (χ0v) is 14.6. The van der Waals surface area contributed by atoms with Crippen molar-refractivity contribution in [2.45, 2.75) is 32.1 Å². The normalized spacial score (nSPS) is 16.3. The number of carbonyl (C=O) groups is 1. The van der Waals surface area contributed by atoms with Crippen molar-refractivity contribution < 1.29 is 19.0 Å². The molecule has 1 N–H and O–H groups in total. The molecule has 2 aliphatic rings. The summed E-state index contributed by atoms with van der Waals surface area (Å²) >= 11 is 0. The van der Waals surface area contributed by atoms with E-state index in [4.69, 9.17) is 14.2 Å². The van der Waals surface area contributed by atoms with Crippen LogP contribution in [0.15, 0.2) is 36.5 Å². The molecule has 1 aliphatic heterocycles. The van der Waals surface area contributed by atoms with Gasteiger partial charge in [-0.25, -0.2) is 4.98 Å². The molecule has 1 amide bonds. The molecule has 6 nitrogen and oxygen atoms in total. The lowest BCUT2D eigenvalue weighted by molar-refractivity contribution is 0.102. The summed E-state index contributed by atoms with van der Waals surface area (Å²) in [6.07, 6.45) is 7.90. The Kier molecular flexibility index (Phi) is 4.91. The van der Waals surface area contributed by atoms with Crippen LogP contribution in [0.3, 0.4) is 0 Å². The minimum atomic E-state index is -0.298. The van der Waals surface area contributed by atoms with Gasteiger partial charge < -0.3 is 19.5 Å². The van der Waals surface area contributed by atoms with Crippen LogP contribution < -0.4 is 19.5 Å². The second-order valence-electron chi connectivity index (χ2n) is 6.66. The van der Waals surface area contributed by atoms with E-state index in [1.165, 1.54) is 32.1 Å². The lowest BCUT2D eigenvalue weighted by atomic mass is 9.90. The number of amides is 1. The zero-order valence-electron chi connectivity index (χ0n) is 14.6. The van der Waals surface area contributed by atoms with E-state index < -0.39 is 0 Å². The first-order valence-electron chi connectivity index (χ1n) is 9.09. The molecule has 1 aromatic heterocycles. The Hall–Kier alpha value is -2.76. The molecule has 0 spiro atoms. The van der Waals surface area contributed by atoms with Crippen molar-refractivity contribution in [3.05, 3.63) is 42.1 Å². The summed E-state index contributed by atoms with van der Waals surface area (Å²) in [5.74, 6) is 2.34. The first-order chi connectivity index (χ1) is 12.8. The molecular weight excluding hydrogens is 332 g/mol. The van der Waals surface area contributed by atoms with Crippen molar-refractivity contribution in [2.24, 2.45) is 5.92 Å². The fraction of sp³-hybridized carbons (Fsp3) is 0.400. The molecule has 1 fully saturated rings. The molecule has 136 valence electrons. The summed E-state index contributed by atoms with van der Waals surface area (Å²) < 4.78 is 16.7. The molecule has 0 unspecified atom stereocenters. The van der Waals surface area contributed by atoms with Gasteiger partial charge in [-0.15, -0.1) is 0 Å². The number of para-hydroxylation sites is 1. The molecule has 0 atom stereocenters. The van der Waals surface area contributed by atoms with E-state index in [1.807, 2.05) is 12.1 Å². The minimum absolute atomic E-state index is 0.124. The average molecular weight is 354 g/mol. The summed E-state index contributed by atoms with van der Waals surface area (Å²) in [5.41, 5.74) is 0.420. The summed E-state index contributed by atoms with van der Waals surface area (Å²) in [7, 11) is 0. The van der Waals surface area contributed by atoms with Gasteiger partial charge in [-0.3, -0.25) is 4.79 Å². The number of aromatic nitrogens is 1. The highest BCUT2D eigenvalue weighted by atomic mass is 16.7. The third kappa shape index (κ3) is 3.59. The first kappa shape index (κ1) is 16.7. The molecule has 2 heterocycles. The van der Waals surface area contributed by atoms with Gasteiger partial charge in [0.1, 0.15) is 0 Å². The van der Waals surface area contributed by atoms with Crippen LogP contribution in [-0.4, -0.2) is 24.3 Å². The van der Waals surface area contributed by atoms with Crippen molar-refractivity contribution in [2.75, 3.05) is 18.7 Å². The number of anilines is 1. The second kappa shape index (κ2) is 7.64. The molecule has 26 heavy (non-hydrogen) atoms. The Balaban J connectivity index is 1.46. The Morgan fingerprint density at radius 3 is 2.92 bits per heavy atom. The smallest absolute Gasteiger partial charge is 0.260 e. The molecule has 1 aliphatic carbocycles. The van der Waals surface area contributed by atoms with Crippen LogP contribution in [0.2, 0.25) is 0 Å². The van der Waals surface area contributed by atoms with Gasteiger partial charge in [0.05, 0.1) is 12.2 Å². The molecule has 2 aromatic rings. The zero-order chi connectivity index (χ0) is 17.8. The minimum Gasteiger partial charge on any atom is -0.489 e. The number of fused-ring (bicyclic) bond motifs is 1. The van der Waals surface area contributed by atoms with Crippen molar-refractivity contribution in [1.82, 2.24) is 4.98 Å². The molecule has 1 aromatic carbocycles. The Morgan fingerprint density at radius 1 is 1.15 bits per heavy atom. The summed E-state index contributed by atoms with van der Waals surface area (Å²) in [4.78, 5) is 17.0. The number of nitrogens with one attached hydrogen (secondary N) is 1. The predicted molar refractivity (Wildman–Crippen MR) is 96.8 cm³/mol. The first-order valence-corrected chi connectivity index (χ1v) is 9.09. The molecule has 0 radical (unpaired) electrons. The molecule has 0 bridgehead atoms. The number of ether oxygens (including phenoxy) is 3. The Bertz CT molecular complexity index is 787. The third-order valence-electron chi connectivity index (χ3n) is 4.84. The van der Waals surface area contributed by atoms with Gasteiger partial charge in [0, 0.05) is 6.20 Å². The largest absolute Gasteiger partial charge is 0.489 e. The van der Waals surface area contributed by atoms with Crippen LogP contribution >= 0.6 is 0 Å². The van der Waals surface area contributed by atoms with Gasteiger partial charge in [-0.1, -0.05) is 25.3 Å². The maximum atomic E-state index is 12.7. The standard InChI is InChI=1S/C20H22N2O4/c23-20(15-8-4-9-16-18(15)26-13-25-16)22-19-17(10-5-11-21-19)24-12-14-6-2-1-3-7-14/h4-5,8-11,14H,1-3,6-7,12-13H2,(H,21,22,23). The maximum Gasteiger partial charge on any atom is 0.260 e. The molecule has 1 saturated carbocycles. The SMILES string of the molecule is O=C(Nc1ncccc1OCC1CCCCC1)c1cccc2c1OCO2. The highest BCUT2D eigenvalue weighted by Crippen LogP contribution is 2.36. The highest BCUT2D eigenvalue weighted by Gasteiger charge is 2.23. The van der Waals surface area contributed by atoms with E-state index in [-0.39, 0.29) is 12.7 Å². The van der Waals surface area contributed by atoms with Gasteiger partial charge >= 0.3 is 0 Å². The van der Waals surface area contributed by atoms with Crippen LogP contribution in [-0.2, 0) is 0 Å². The topological polar surface area (TPSA) is 69.7 Å². The van der Waals surface area contributed by atoms with E-state index in [0.29, 0.717) is 41.2 Å². The average Bonchev–Trinajstić information content (AvgIpc) is 3.17. The highest BCUT2D eigenvalue weighted by molar-refractivity contribution is 6.07. The maximum absolute atomic E-state index is 12.7. The molecule has 4 rings (SSSR count). The number of carbonyl (C=O) groups excluding carboxylic acids is 1. The van der Waals surface area contributed by atoms with Gasteiger partial charge in [-0.2, -0.15) is 0 Å². The second-order valence-corrected chi connectivity index (χ2v) is 6.66. The van der Waals surface area contributed by atoms with Crippen molar-refractivity contribution in [1.29, 1.82) is 0 Å². The molecular formula is C20H22N2O4. The van der Waals surface area contributed by atoms with E-state index >= 15 is 0 Å². The quantitative estimate of drug-likeness (QED) is 0.878. The number of benzene rings is 1. The van der Waals surface area contributed by atoms with Gasteiger partial charge in [-0.05, 0) is 43.0 Å². The van der Waals surface area contributed by atoms with E-state index in [0.717, 1.165) is 0 Å². The van der Waals surface area contributed by atoms with Crippen LogP contribution in [0.4, 0.5) is 5.82 Å². The van der Waals surface area contributed by atoms with Gasteiger partial charge in [0.15, 0.2) is 23.1 Å². The third-order valence-corrected chi connectivity index (χ3v) is 4.84. The fourth-order valence-electron chi connectivity index (χ4n) is 3.45. The van der Waals surface area contributed by atoms with Gasteiger partial charge in [0.2, 0.25) is 6.79 Å². The van der Waals surface area contributed by atoms with Crippen LogP contribution in [0.5, 0.6) is 17.2 Å². The summed E-state index contributed by atoms with van der Waals surface area (Å²) in [6, 6.07) is 8.89. The van der Waals surface area contributed by atoms with E-state index in [1.54, 1.807) is 24.4 Å². The Labute approximate surface area is 152 Å². The van der Waals surface area contributed by atoms with Crippen LogP contribution in [0, 0.1) is 5.92 Å². The van der Waals surface area contributed by atoms with E-state index in [2.05, 4.69) is 10.3 Å². The lowest BCUT2D eigenvalue weighted by Gasteiger charge is -2.22.